The molecule has 0 bridgehead atoms. The monoisotopic (exact) mass is 225 g/mol. The summed E-state index contributed by atoms with van der Waals surface area (Å²) in [6, 6.07) is 0. The molecule has 0 aliphatic carbocycles. The van der Waals surface area contributed by atoms with Gasteiger partial charge in [0, 0.05) is 6.61 Å². The third kappa shape index (κ3) is 2.41. The summed E-state index contributed by atoms with van der Waals surface area (Å²) in [7, 11) is 0. The zero-order valence-corrected chi connectivity index (χ0v) is 9.90. The van der Waals surface area contributed by atoms with Crippen molar-refractivity contribution in [1.82, 2.24) is 10.1 Å². The van der Waals surface area contributed by atoms with Crippen LogP contribution < -0.4 is 5.73 Å². The fourth-order valence-electron chi connectivity index (χ4n) is 1.73. The van der Waals surface area contributed by atoms with Crippen molar-refractivity contribution in [2.75, 3.05) is 6.61 Å². The molecule has 1 saturated heterocycles. The van der Waals surface area contributed by atoms with Crippen molar-refractivity contribution >= 4 is 0 Å². The Labute approximate surface area is 95.3 Å². The van der Waals surface area contributed by atoms with Crippen molar-refractivity contribution in [1.29, 1.82) is 0 Å². The van der Waals surface area contributed by atoms with Gasteiger partial charge in [-0.05, 0) is 26.2 Å². The summed E-state index contributed by atoms with van der Waals surface area (Å²) in [5.74, 6) is 1.22. The van der Waals surface area contributed by atoms with Crippen LogP contribution in [0.2, 0.25) is 0 Å². The van der Waals surface area contributed by atoms with Crippen molar-refractivity contribution in [2.45, 2.75) is 51.2 Å². The van der Waals surface area contributed by atoms with Crippen LogP contribution in [0, 0.1) is 0 Å². The van der Waals surface area contributed by atoms with E-state index in [1.165, 1.54) is 0 Å². The fraction of sp³-hybridized carbons (Fsp3) is 0.818. The summed E-state index contributed by atoms with van der Waals surface area (Å²) in [5.41, 5.74) is 5.54. The Morgan fingerprint density at radius 1 is 1.56 bits per heavy atom. The van der Waals surface area contributed by atoms with Gasteiger partial charge >= 0.3 is 0 Å². The lowest BCUT2D eigenvalue weighted by atomic mass is 10.0. The molecular weight excluding hydrogens is 206 g/mol. The molecule has 5 nitrogen and oxygen atoms in total. The van der Waals surface area contributed by atoms with E-state index in [1.54, 1.807) is 0 Å². The number of nitrogens with two attached hydrogens (primary N) is 1. The number of hydrogen-bond acceptors (Lipinski definition) is 5. The van der Waals surface area contributed by atoms with Gasteiger partial charge in [-0.3, -0.25) is 0 Å². The lowest BCUT2D eigenvalue weighted by Crippen LogP contribution is -2.33. The van der Waals surface area contributed by atoms with Crippen LogP contribution >= 0.6 is 0 Å². The zero-order chi connectivity index (χ0) is 11.6. The highest BCUT2D eigenvalue weighted by atomic mass is 16.5. The van der Waals surface area contributed by atoms with Gasteiger partial charge in [-0.15, -0.1) is 0 Å². The Bertz CT molecular complexity index is 343. The third-order valence-electron chi connectivity index (χ3n) is 3.14. The van der Waals surface area contributed by atoms with Gasteiger partial charge in [-0.2, -0.15) is 4.98 Å². The molecule has 2 atom stereocenters. The maximum absolute atomic E-state index is 6.04. The van der Waals surface area contributed by atoms with Gasteiger partial charge in [-0.1, -0.05) is 12.1 Å². The molecule has 0 radical (unpaired) electrons. The lowest BCUT2D eigenvalue weighted by molar-refractivity contribution is 0.104. The fourth-order valence-corrected chi connectivity index (χ4v) is 1.73. The predicted octanol–water partition coefficient (Wildman–Crippen LogP) is 1.37. The molecule has 1 fully saturated rings. The molecule has 2 unspecified atom stereocenters. The first-order valence-electron chi connectivity index (χ1n) is 5.85. The van der Waals surface area contributed by atoms with Crippen LogP contribution in [0.25, 0.3) is 0 Å². The molecule has 0 saturated carbocycles. The first kappa shape index (κ1) is 11.5. The number of aromatic nitrogens is 2. The topological polar surface area (TPSA) is 74.2 Å². The summed E-state index contributed by atoms with van der Waals surface area (Å²) >= 11 is 0. The highest BCUT2D eigenvalue weighted by Gasteiger charge is 2.26. The molecule has 2 heterocycles. The van der Waals surface area contributed by atoms with E-state index < -0.39 is 5.54 Å². The van der Waals surface area contributed by atoms with Crippen LogP contribution in [-0.2, 0) is 16.7 Å². The maximum Gasteiger partial charge on any atom is 0.229 e. The molecule has 0 aromatic carbocycles. The summed E-state index contributed by atoms with van der Waals surface area (Å²) in [6.07, 6.45) is 3.92. The second kappa shape index (κ2) is 4.51. The van der Waals surface area contributed by atoms with E-state index in [0.717, 1.165) is 25.9 Å². The van der Waals surface area contributed by atoms with E-state index in [2.05, 4.69) is 10.1 Å². The second-order valence-corrected chi connectivity index (χ2v) is 4.62. The molecule has 1 aliphatic heterocycles. The van der Waals surface area contributed by atoms with Crippen LogP contribution in [0.4, 0.5) is 0 Å². The standard InChI is InChI=1S/C11H19N3O2/c1-3-11(2,12)10-13-9(16-14-10)7-8-5-4-6-15-8/h8H,3-7,12H2,1-2H3. The highest BCUT2D eigenvalue weighted by molar-refractivity contribution is 5.01. The third-order valence-corrected chi connectivity index (χ3v) is 3.14. The molecular formula is C11H19N3O2. The van der Waals surface area contributed by atoms with Crippen molar-refractivity contribution in [3.63, 3.8) is 0 Å². The number of nitrogens with zero attached hydrogens (tertiary/aromatic N) is 2. The highest BCUT2D eigenvalue weighted by Crippen LogP contribution is 2.20. The molecule has 1 aliphatic rings. The molecule has 2 N–H and O–H groups in total. The minimum atomic E-state index is -0.502. The SMILES string of the molecule is CCC(C)(N)c1noc(CC2CCCO2)n1. The maximum atomic E-state index is 6.04. The number of hydrogen-bond donors (Lipinski definition) is 1. The first-order valence-corrected chi connectivity index (χ1v) is 5.85. The summed E-state index contributed by atoms with van der Waals surface area (Å²) in [5, 5.41) is 3.93. The largest absolute Gasteiger partial charge is 0.378 e. The van der Waals surface area contributed by atoms with Crippen molar-refractivity contribution in [3.8, 4) is 0 Å². The summed E-state index contributed by atoms with van der Waals surface area (Å²) < 4.78 is 10.7. The Balaban J connectivity index is 2.01. The average Bonchev–Trinajstić information content (AvgIpc) is 2.89. The summed E-state index contributed by atoms with van der Waals surface area (Å²) in [6.45, 7) is 4.76. The average molecular weight is 225 g/mol. The van der Waals surface area contributed by atoms with Crippen molar-refractivity contribution < 1.29 is 9.26 Å². The Hall–Kier alpha value is -0.940. The van der Waals surface area contributed by atoms with Gasteiger partial charge in [0.1, 0.15) is 0 Å². The molecule has 5 heteroatoms. The minimum Gasteiger partial charge on any atom is -0.378 e. The summed E-state index contributed by atoms with van der Waals surface area (Å²) in [4.78, 5) is 4.33. The molecule has 1 aromatic rings. The Kier molecular flexibility index (Phi) is 3.25. The van der Waals surface area contributed by atoms with Crippen molar-refractivity contribution in [3.05, 3.63) is 11.7 Å². The zero-order valence-electron chi connectivity index (χ0n) is 9.90. The number of ether oxygens (including phenoxy) is 1. The van der Waals surface area contributed by atoms with Crippen LogP contribution in [0.15, 0.2) is 4.52 Å². The van der Waals surface area contributed by atoms with E-state index in [0.29, 0.717) is 18.1 Å². The van der Waals surface area contributed by atoms with E-state index >= 15 is 0 Å². The number of rotatable bonds is 4. The quantitative estimate of drug-likeness (QED) is 0.837. The molecule has 1 aromatic heterocycles. The van der Waals surface area contributed by atoms with E-state index in [9.17, 15) is 0 Å². The van der Waals surface area contributed by atoms with Gasteiger partial charge in [0.15, 0.2) is 5.82 Å². The molecule has 90 valence electrons. The van der Waals surface area contributed by atoms with E-state index in [-0.39, 0.29) is 6.10 Å². The van der Waals surface area contributed by atoms with Crippen LogP contribution in [-0.4, -0.2) is 22.9 Å². The molecule has 16 heavy (non-hydrogen) atoms. The lowest BCUT2D eigenvalue weighted by Gasteiger charge is -2.16. The Morgan fingerprint density at radius 3 is 3.00 bits per heavy atom. The normalized spacial score (nSPS) is 24.6. The molecule has 2 rings (SSSR count). The van der Waals surface area contributed by atoms with Gasteiger partial charge in [0.25, 0.3) is 0 Å². The van der Waals surface area contributed by atoms with Gasteiger partial charge in [-0.25, -0.2) is 0 Å². The molecule has 0 spiro atoms. The van der Waals surface area contributed by atoms with Crippen LogP contribution in [0.1, 0.15) is 44.8 Å². The second-order valence-electron chi connectivity index (χ2n) is 4.62. The van der Waals surface area contributed by atoms with E-state index in [1.807, 2.05) is 13.8 Å². The Morgan fingerprint density at radius 2 is 2.38 bits per heavy atom. The van der Waals surface area contributed by atoms with Gasteiger partial charge < -0.3 is 15.0 Å². The van der Waals surface area contributed by atoms with Gasteiger partial charge in [0.05, 0.1) is 18.1 Å². The van der Waals surface area contributed by atoms with Crippen molar-refractivity contribution in [2.24, 2.45) is 5.73 Å². The van der Waals surface area contributed by atoms with Crippen LogP contribution in [0.5, 0.6) is 0 Å². The van der Waals surface area contributed by atoms with Crippen LogP contribution in [0.3, 0.4) is 0 Å². The minimum absolute atomic E-state index is 0.235. The smallest absolute Gasteiger partial charge is 0.229 e. The first-order chi connectivity index (χ1) is 7.62. The van der Waals surface area contributed by atoms with Gasteiger partial charge in [0.2, 0.25) is 5.89 Å². The predicted molar refractivity (Wildman–Crippen MR) is 58.8 cm³/mol. The van der Waals surface area contributed by atoms with E-state index in [4.69, 9.17) is 15.0 Å². The molecule has 0 amide bonds.